The molecule has 68 heavy (non-hydrogen) atoms. The highest BCUT2D eigenvalue weighted by atomic mass is 16.3. The number of hydrogen-bond donors (Lipinski definition) is 0. The lowest BCUT2D eigenvalue weighted by Crippen LogP contribution is -2.28. The Morgan fingerprint density at radius 2 is 1.24 bits per heavy atom. The van der Waals surface area contributed by atoms with Crippen LogP contribution in [0.4, 0.5) is 28.4 Å². The maximum absolute atomic E-state index is 6.97. The lowest BCUT2D eigenvalue weighted by atomic mass is 9.74. The summed E-state index contributed by atoms with van der Waals surface area (Å²) in [5, 5.41) is 6.88. The molecule has 0 fully saturated rings. The quantitative estimate of drug-likeness (QED) is 0.152. The third-order valence-corrected chi connectivity index (χ3v) is 15.0. The van der Waals surface area contributed by atoms with E-state index in [4.69, 9.17) is 4.42 Å². The van der Waals surface area contributed by atoms with Gasteiger partial charge in [0.25, 0.3) is 0 Å². The average Bonchev–Trinajstić information content (AvgIpc) is 3.89. The van der Waals surface area contributed by atoms with E-state index in [-0.39, 0.29) is 5.41 Å². The van der Waals surface area contributed by atoms with E-state index in [1.165, 1.54) is 38.7 Å². The number of anilines is 5. The standard InChI is InChI=1S/C65H50N2O/c1-65(2)58-28-14-13-24-53(58)54-40-39-50(41-59(54)65)67(49-35-31-44(32-36-49)43-17-5-3-6-18-43)61-42-57-63-52(27-16-30-62(63)68-64(57)56-26-12-11-25-55(56)61)46-33-37-48(38-34-46)66(47-21-7-4-8-22-47)60-29-15-20-45-19-9-10-23-51(45)60/h3-5,7-17,19-42,54,59H,6,18H2,1-2H3. The van der Waals surface area contributed by atoms with Crippen LogP contribution in [0.3, 0.4) is 0 Å². The molecule has 13 rings (SSSR count). The monoisotopic (exact) mass is 874 g/mol. The van der Waals surface area contributed by atoms with Gasteiger partial charge in [-0.15, -0.1) is 0 Å². The molecule has 1 heterocycles. The zero-order chi connectivity index (χ0) is 45.3. The van der Waals surface area contributed by atoms with E-state index in [1.54, 1.807) is 0 Å². The molecule has 3 aliphatic carbocycles. The summed E-state index contributed by atoms with van der Waals surface area (Å²) >= 11 is 0. The molecule has 326 valence electrons. The van der Waals surface area contributed by atoms with Gasteiger partial charge in [-0.05, 0) is 124 Å². The van der Waals surface area contributed by atoms with Gasteiger partial charge in [0.05, 0.1) is 11.4 Å². The number of benzene rings is 9. The van der Waals surface area contributed by atoms with E-state index >= 15 is 0 Å². The minimum atomic E-state index is -0.0297. The Labute approximate surface area is 397 Å². The summed E-state index contributed by atoms with van der Waals surface area (Å²) in [6.07, 6.45) is 16.2. The third kappa shape index (κ3) is 6.48. The Hall–Kier alpha value is -8.14. The minimum absolute atomic E-state index is 0.0297. The number of para-hydroxylation sites is 1. The number of rotatable bonds is 8. The highest BCUT2D eigenvalue weighted by Gasteiger charge is 2.45. The van der Waals surface area contributed by atoms with E-state index in [0.29, 0.717) is 11.8 Å². The van der Waals surface area contributed by atoms with Crippen molar-refractivity contribution in [2.45, 2.75) is 38.0 Å². The van der Waals surface area contributed by atoms with Crippen molar-refractivity contribution < 1.29 is 4.42 Å². The SMILES string of the molecule is CC1(C)c2ccccc2C2C=CC(N(c3ccc(C4=CC=CCC4)cc3)c3cc4c(oc5cccc(-c6ccc(N(c7ccccc7)c7cccc8ccccc78)cc6)c54)c4ccccc34)=CC21. The normalized spacial score (nSPS) is 17.0. The van der Waals surface area contributed by atoms with Gasteiger partial charge in [-0.2, -0.15) is 0 Å². The molecule has 0 saturated carbocycles. The summed E-state index contributed by atoms with van der Waals surface area (Å²) in [6, 6.07) is 70.9. The van der Waals surface area contributed by atoms with Crippen molar-refractivity contribution in [2.24, 2.45) is 5.92 Å². The highest BCUT2D eigenvalue weighted by Crippen LogP contribution is 2.55. The smallest absolute Gasteiger partial charge is 0.143 e. The first-order chi connectivity index (χ1) is 33.5. The third-order valence-electron chi connectivity index (χ3n) is 15.0. The van der Waals surface area contributed by atoms with Crippen LogP contribution in [0.5, 0.6) is 0 Å². The van der Waals surface area contributed by atoms with Gasteiger partial charge in [-0.1, -0.05) is 184 Å². The van der Waals surface area contributed by atoms with Crippen LogP contribution in [0.2, 0.25) is 0 Å². The Bertz CT molecular complexity index is 3710. The summed E-state index contributed by atoms with van der Waals surface area (Å²) in [5.74, 6) is 0.636. The van der Waals surface area contributed by atoms with E-state index < -0.39 is 0 Å². The van der Waals surface area contributed by atoms with Crippen molar-refractivity contribution in [3.05, 3.63) is 253 Å². The maximum Gasteiger partial charge on any atom is 0.143 e. The topological polar surface area (TPSA) is 19.6 Å². The lowest BCUT2D eigenvalue weighted by Gasteiger charge is -2.35. The second-order valence-electron chi connectivity index (χ2n) is 19.2. The zero-order valence-electron chi connectivity index (χ0n) is 38.3. The largest absolute Gasteiger partial charge is 0.455 e. The van der Waals surface area contributed by atoms with Crippen molar-refractivity contribution in [1.82, 2.24) is 0 Å². The van der Waals surface area contributed by atoms with Crippen LogP contribution in [0.15, 0.2) is 241 Å². The minimum Gasteiger partial charge on any atom is -0.455 e. The zero-order valence-corrected chi connectivity index (χ0v) is 38.3. The van der Waals surface area contributed by atoms with E-state index in [1.807, 2.05) is 0 Å². The van der Waals surface area contributed by atoms with Gasteiger partial charge < -0.3 is 14.2 Å². The second-order valence-corrected chi connectivity index (χ2v) is 19.2. The summed E-state index contributed by atoms with van der Waals surface area (Å²) in [7, 11) is 0. The molecule has 0 radical (unpaired) electrons. The average molecular weight is 875 g/mol. The fourth-order valence-corrected chi connectivity index (χ4v) is 11.7. The Kier molecular flexibility index (Phi) is 9.47. The molecule has 2 atom stereocenters. The van der Waals surface area contributed by atoms with Crippen molar-refractivity contribution in [2.75, 3.05) is 9.80 Å². The van der Waals surface area contributed by atoms with Gasteiger partial charge in [0.15, 0.2) is 0 Å². The van der Waals surface area contributed by atoms with Crippen LogP contribution in [0.1, 0.15) is 49.3 Å². The maximum atomic E-state index is 6.97. The number of fused-ring (bicyclic) bond motifs is 9. The number of allylic oxidation sites excluding steroid dienone is 7. The molecule has 0 amide bonds. The summed E-state index contributed by atoms with van der Waals surface area (Å²) in [6.45, 7) is 4.84. The molecule has 2 unspecified atom stereocenters. The van der Waals surface area contributed by atoms with Crippen molar-refractivity contribution >= 4 is 77.5 Å². The van der Waals surface area contributed by atoms with Gasteiger partial charge >= 0.3 is 0 Å². The summed E-state index contributed by atoms with van der Waals surface area (Å²) < 4.78 is 6.97. The first-order valence-electron chi connectivity index (χ1n) is 24.1. The molecule has 1 aromatic heterocycles. The van der Waals surface area contributed by atoms with Crippen molar-refractivity contribution in [1.29, 1.82) is 0 Å². The molecule has 3 heteroatoms. The van der Waals surface area contributed by atoms with Crippen LogP contribution in [0, 0.1) is 5.92 Å². The van der Waals surface area contributed by atoms with Crippen LogP contribution in [-0.4, -0.2) is 0 Å². The first-order valence-corrected chi connectivity index (χ1v) is 24.1. The second kappa shape index (κ2) is 16.0. The molecule has 0 saturated heterocycles. The number of hydrogen-bond acceptors (Lipinski definition) is 3. The molecular formula is C65H50N2O. The van der Waals surface area contributed by atoms with Crippen LogP contribution in [0.25, 0.3) is 60.2 Å². The van der Waals surface area contributed by atoms with Gasteiger partial charge in [-0.3, -0.25) is 0 Å². The fourth-order valence-electron chi connectivity index (χ4n) is 11.7. The molecule has 0 N–H and O–H groups in total. The van der Waals surface area contributed by atoms with Crippen molar-refractivity contribution in [3.63, 3.8) is 0 Å². The predicted molar refractivity (Wildman–Crippen MR) is 287 cm³/mol. The molecule has 9 aromatic carbocycles. The molecule has 3 aliphatic rings. The van der Waals surface area contributed by atoms with E-state index in [0.717, 1.165) is 85.1 Å². The van der Waals surface area contributed by atoms with Crippen LogP contribution < -0.4 is 9.80 Å². The Morgan fingerprint density at radius 3 is 2.04 bits per heavy atom. The van der Waals surface area contributed by atoms with E-state index in [2.05, 4.69) is 254 Å². The first kappa shape index (κ1) is 40.2. The lowest BCUT2D eigenvalue weighted by molar-refractivity contribution is 0.392. The molecule has 0 spiro atoms. The van der Waals surface area contributed by atoms with E-state index in [9.17, 15) is 0 Å². The molecule has 0 aliphatic heterocycles. The molecule has 10 aromatic rings. The molecule has 0 bridgehead atoms. The van der Waals surface area contributed by atoms with Gasteiger partial charge in [0.1, 0.15) is 11.2 Å². The predicted octanol–water partition coefficient (Wildman–Crippen LogP) is 18.0. The Morgan fingerprint density at radius 1 is 0.559 bits per heavy atom. The van der Waals surface area contributed by atoms with Crippen molar-refractivity contribution in [3.8, 4) is 11.1 Å². The fraction of sp³-hybridized carbons (Fsp3) is 0.108. The number of furan rings is 1. The highest BCUT2D eigenvalue weighted by molar-refractivity contribution is 6.22. The van der Waals surface area contributed by atoms with Crippen LogP contribution in [-0.2, 0) is 5.41 Å². The van der Waals surface area contributed by atoms with Gasteiger partial charge in [-0.25, -0.2) is 0 Å². The molecular weight excluding hydrogens is 825 g/mol. The van der Waals surface area contributed by atoms with Crippen LogP contribution >= 0.6 is 0 Å². The summed E-state index contributed by atoms with van der Waals surface area (Å²) in [4.78, 5) is 4.87. The molecule has 3 nitrogen and oxygen atoms in total. The van der Waals surface area contributed by atoms with Gasteiger partial charge in [0, 0.05) is 55.6 Å². The number of nitrogens with zero attached hydrogens (tertiary/aromatic N) is 2. The van der Waals surface area contributed by atoms with Gasteiger partial charge in [0.2, 0.25) is 0 Å². The Balaban J connectivity index is 0.980. The summed E-state index contributed by atoms with van der Waals surface area (Å²) in [5.41, 5.74) is 16.4.